The normalized spacial score (nSPS) is 23.5. The molecule has 24 heavy (non-hydrogen) atoms. The molecule has 6 heteroatoms. The molecule has 1 N–H and O–H groups in total. The van der Waals surface area contributed by atoms with Crippen molar-refractivity contribution in [2.75, 3.05) is 46.8 Å². The van der Waals surface area contributed by atoms with Gasteiger partial charge in [0, 0.05) is 25.7 Å². The lowest BCUT2D eigenvalue weighted by Gasteiger charge is -2.43. The Labute approximate surface area is 146 Å². The summed E-state index contributed by atoms with van der Waals surface area (Å²) in [5.41, 5.74) is -1.17. The Bertz CT molecular complexity index is 420. The van der Waals surface area contributed by atoms with Crippen LogP contribution in [0, 0.1) is 0 Å². The van der Waals surface area contributed by atoms with E-state index in [0.717, 1.165) is 25.9 Å². The van der Waals surface area contributed by atoms with Gasteiger partial charge in [0.25, 0.3) is 0 Å². The molecule has 2 heterocycles. The van der Waals surface area contributed by atoms with Crippen LogP contribution in [0.5, 0.6) is 0 Å². The Kier molecular flexibility index (Phi) is 6.15. The number of nitrogens with zero attached hydrogens (tertiary/aromatic N) is 3. The van der Waals surface area contributed by atoms with Crippen molar-refractivity contribution in [3.05, 3.63) is 0 Å². The van der Waals surface area contributed by atoms with Crippen LogP contribution in [0.2, 0.25) is 0 Å². The summed E-state index contributed by atoms with van der Waals surface area (Å²) in [5, 5.41) is 10.9. The molecule has 6 nitrogen and oxygen atoms in total. The Morgan fingerprint density at radius 3 is 2.25 bits per heavy atom. The molecule has 0 spiro atoms. The molecule has 0 aromatic rings. The van der Waals surface area contributed by atoms with E-state index in [1.54, 1.807) is 4.90 Å². The minimum Gasteiger partial charge on any atom is -0.444 e. The molecular weight excluding hydrogens is 306 g/mol. The van der Waals surface area contributed by atoms with Gasteiger partial charge in [0.1, 0.15) is 5.60 Å². The van der Waals surface area contributed by atoms with E-state index in [-0.39, 0.29) is 6.09 Å². The first-order valence-electron chi connectivity index (χ1n) is 9.17. The van der Waals surface area contributed by atoms with Crippen LogP contribution < -0.4 is 0 Å². The molecule has 0 bridgehead atoms. The highest BCUT2D eigenvalue weighted by atomic mass is 16.6. The third kappa shape index (κ3) is 5.60. The lowest BCUT2D eigenvalue weighted by atomic mass is 9.90. The molecule has 0 aromatic carbocycles. The third-order valence-electron chi connectivity index (χ3n) is 5.20. The maximum atomic E-state index is 12.1. The maximum Gasteiger partial charge on any atom is 0.410 e. The van der Waals surface area contributed by atoms with Gasteiger partial charge in [-0.25, -0.2) is 4.79 Å². The van der Waals surface area contributed by atoms with Crippen LogP contribution in [-0.2, 0) is 4.74 Å². The van der Waals surface area contributed by atoms with Crippen LogP contribution in [0.15, 0.2) is 0 Å². The number of ether oxygens (including phenoxy) is 1. The predicted octanol–water partition coefficient (Wildman–Crippen LogP) is 1.77. The summed E-state index contributed by atoms with van der Waals surface area (Å²) in [5.74, 6) is 0. The molecule has 140 valence electrons. The van der Waals surface area contributed by atoms with E-state index < -0.39 is 11.2 Å². The van der Waals surface area contributed by atoms with Crippen molar-refractivity contribution in [3.63, 3.8) is 0 Å². The zero-order chi connectivity index (χ0) is 18.0. The van der Waals surface area contributed by atoms with Crippen LogP contribution in [-0.4, -0.2) is 90.0 Å². The number of hydrogen-bond donors (Lipinski definition) is 1. The quantitative estimate of drug-likeness (QED) is 0.848. The SMILES string of the molecule is CN1CCC(N(C)CC2(O)CCN(C(=O)OC(C)(C)C)CC2)CC1. The number of carbonyl (C=O) groups is 1. The van der Waals surface area contributed by atoms with Gasteiger partial charge in [-0.1, -0.05) is 0 Å². The van der Waals surface area contributed by atoms with E-state index in [0.29, 0.717) is 38.5 Å². The average molecular weight is 341 g/mol. The minimum absolute atomic E-state index is 0.270. The second kappa shape index (κ2) is 7.58. The second-order valence-corrected chi connectivity index (χ2v) is 8.64. The molecular formula is C18H35N3O3. The molecule has 0 radical (unpaired) electrons. The van der Waals surface area contributed by atoms with Crippen LogP contribution in [0.4, 0.5) is 4.79 Å². The van der Waals surface area contributed by atoms with Crippen molar-refractivity contribution in [3.8, 4) is 0 Å². The van der Waals surface area contributed by atoms with Gasteiger partial charge in [-0.3, -0.25) is 0 Å². The second-order valence-electron chi connectivity index (χ2n) is 8.64. The Hall–Kier alpha value is -0.850. The van der Waals surface area contributed by atoms with Crippen LogP contribution in [0.1, 0.15) is 46.5 Å². The zero-order valence-corrected chi connectivity index (χ0v) is 16.0. The highest BCUT2D eigenvalue weighted by Gasteiger charge is 2.37. The largest absolute Gasteiger partial charge is 0.444 e. The number of rotatable bonds is 3. The fourth-order valence-corrected chi connectivity index (χ4v) is 3.62. The van der Waals surface area contributed by atoms with Crippen molar-refractivity contribution in [2.45, 2.75) is 63.7 Å². The lowest BCUT2D eigenvalue weighted by Crippen LogP contribution is -2.54. The number of aliphatic hydroxyl groups is 1. The third-order valence-corrected chi connectivity index (χ3v) is 5.20. The number of hydrogen-bond acceptors (Lipinski definition) is 5. The Morgan fingerprint density at radius 1 is 1.21 bits per heavy atom. The van der Waals surface area contributed by atoms with Crippen molar-refractivity contribution >= 4 is 6.09 Å². The summed E-state index contributed by atoms with van der Waals surface area (Å²) in [7, 11) is 4.28. The van der Waals surface area contributed by atoms with E-state index in [4.69, 9.17) is 4.74 Å². The van der Waals surface area contributed by atoms with Gasteiger partial charge in [0.15, 0.2) is 0 Å². The summed E-state index contributed by atoms with van der Waals surface area (Å²) < 4.78 is 5.42. The number of amides is 1. The van der Waals surface area contributed by atoms with Gasteiger partial charge in [-0.15, -0.1) is 0 Å². The molecule has 0 aliphatic carbocycles. The van der Waals surface area contributed by atoms with E-state index >= 15 is 0 Å². The van der Waals surface area contributed by atoms with Gasteiger partial charge in [0.05, 0.1) is 5.60 Å². The monoisotopic (exact) mass is 341 g/mol. The minimum atomic E-state index is -0.698. The molecule has 2 aliphatic heterocycles. The number of likely N-dealkylation sites (tertiary alicyclic amines) is 2. The van der Waals surface area contributed by atoms with E-state index in [1.807, 2.05) is 20.8 Å². The van der Waals surface area contributed by atoms with Gasteiger partial charge in [0.2, 0.25) is 0 Å². The summed E-state index contributed by atoms with van der Waals surface area (Å²) >= 11 is 0. The average Bonchev–Trinajstić information content (AvgIpc) is 2.46. The lowest BCUT2D eigenvalue weighted by molar-refractivity contribution is -0.0551. The van der Waals surface area contributed by atoms with Crippen LogP contribution in [0.25, 0.3) is 0 Å². The van der Waals surface area contributed by atoms with Gasteiger partial charge in [-0.2, -0.15) is 0 Å². The molecule has 0 unspecified atom stereocenters. The summed E-state index contributed by atoms with van der Waals surface area (Å²) in [6.45, 7) is 9.69. The van der Waals surface area contributed by atoms with E-state index in [2.05, 4.69) is 23.9 Å². The first-order valence-corrected chi connectivity index (χ1v) is 9.17. The van der Waals surface area contributed by atoms with Gasteiger partial charge >= 0.3 is 6.09 Å². The fourth-order valence-electron chi connectivity index (χ4n) is 3.62. The van der Waals surface area contributed by atoms with E-state index in [9.17, 15) is 9.90 Å². The topological polar surface area (TPSA) is 56.2 Å². The van der Waals surface area contributed by atoms with Crippen LogP contribution >= 0.6 is 0 Å². The van der Waals surface area contributed by atoms with Gasteiger partial charge < -0.3 is 24.5 Å². The number of likely N-dealkylation sites (N-methyl/N-ethyl adjacent to an activating group) is 1. The Morgan fingerprint density at radius 2 is 1.75 bits per heavy atom. The van der Waals surface area contributed by atoms with Crippen molar-refractivity contribution in [1.29, 1.82) is 0 Å². The number of piperidine rings is 2. The molecule has 2 fully saturated rings. The first kappa shape index (κ1) is 19.5. The summed E-state index contributed by atoms with van der Waals surface area (Å²) in [4.78, 5) is 18.5. The van der Waals surface area contributed by atoms with Crippen molar-refractivity contribution in [2.24, 2.45) is 0 Å². The molecule has 0 aromatic heterocycles. The summed E-state index contributed by atoms with van der Waals surface area (Å²) in [6, 6.07) is 0.550. The van der Waals surface area contributed by atoms with E-state index in [1.165, 1.54) is 0 Å². The summed E-state index contributed by atoms with van der Waals surface area (Å²) in [6.07, 6.45) is 3.28. The predicted molar refractivity (Wildman–Crippen MR) is 95.1 cm³/mol. The smallest absolute Gasteiger partial charge is 0.410 e. The zero-order valence-electron chi connectivity index (χ0n) is 16.0. The molecule has 2 aliphatic rings. The standard InChI is InChI=1S/C18H35N3O3/c1-17(2,3)24-16(22)21-12-8-18(23,9-13-21)14-20(5)15-6-10-19(4)11-7-15/h15,23H,6-14H2,1-5H3. The highest BCUT2D eigenvalue weighted by molar-refractivity contribution is 5.68. The molecule has 1 amide bonds. The maximum absolute atomic E-state index is 12.1. The number of carbonyl (C=O) groups excluding carboxylic acids is 1. The van der Waals surface area contributed by atoms with Gasteiger partial charge in [-0.05, 0) is 73.6 Å². The molecule has 2 rings (SSSR count). The molecule has 0 saturated carbocycles. The van der Waals surface area contributed by atoms with Crippen molar-refractivity contribution in [1.82, 2.24) is 14.7 Å². The van der Waals surface area contributed by atoms with Crippen LogP contribution in [0.3, 0.4) is 0 Å². The van der Waals surface area contributed by atoms with Crippen molar-refractivity contribution < 1.29 is 14.6 Å². The molecule has 2 saturated heterocycles. The molecule has 0 atom stereocenters. The Balaban J connectivity index is 1.80. The first-order chi connectivity index (χ1) is 11.1. The highest BCUT2D eigenvalue weighted by Crippen LogP contribution is 2.26. The fraction of sp³-hybridized carbons (Fsp3) is 0.944.